The number of carbonyl (C=O) groups is 1. The van der Waals surface area contributed by atoms with Crippen LogP contribution in [0.15, 0.2) is 0 Å². The van der Waals surface area contributed by atoms with Gasteiger partial charge in [-0.1, -0.05) is 12.8 Å². The summed E-state index contributed by atoms with van der Waals surface area (Å²) in [7, 11) is 1.95. The highest BCUT2D eigenvalue weighted by Gasteiger charge is 2.27. The second-order valence-electron chi connectivity index (χ2n) is 5.53. The zero-order valence-corrected chi connectivity index (χ0v) is 11.6. The van der Waals surface area contributed by atoms with Crippen LogP contribution in [0.3, 0.4) is 0 Å². The molecule has 1 aromatic heterocycles. The van der Waals surface area contributed by atoms with Crippen molar-refractivity contribution in [3.05, 3.63) is 17.0 Å². The van der Waals surface area contributed by atoms with E-state index in [1.54, 1.807) is 0 Å². The minimum Gasteiger partial charge on any atom is -0.337 e. The maximum absolute atomic E-state index is 12.7. The first-order valence-electron chi connectivity index (χ1n) is 7.32. The largest absolute Gasteiger partial charge is 0.337 e. The van der Waals surface area contributed by atoms with Gasteiger partial charge in [0.1, 0.15) is 0 Å². The summed E-state index contributed by atoms with van der Waals surface area (Å²) in [4.78, 5) is 14.7. The average Bonchev–Trinajstić information content (AvgIpc) is 2.64. The molecule has 0 radical (unpaired) electrons. The molecule has 0 unspecified atom stereocenters. The Bertz CT molecular complexity index is 472. The summed E-state index contributed by atoms with van der Waals surface area (Å²) in [6.07, 6.45) is 5.70. The van der Waals surface area contributed by atoms with E-state index in [2.05, 4.69) is 10.4 Å². The van der Waals surface area contributed by atoms with Crippen LogP contribution in [-0.2, 0) is 20.0 Å². The van der Waals surface area contributed by atoms with Crippen LogP contribution in [0.4, 0.5) is 0 Å². The van der Waals surface area contributed by atoms with Crippen molar-refractivity contribution in [2.45, 2.75) is 38.6 Å². The molecule has 0 aromatic carbocycles. The van der Waals surface area contributed by atoms with Gasteiger partial charge in [0.2, 0.25) is 0 Å². The van der Waals surface area contributed by atoms with Crippen molar-refractivity contribution in [3.63, 3.8) is 0 Å². The van der Waals surface area contributed by atoms with E-state index in [9.17, 15) is 4.79 Å². The number of fused-ring (bicyclic) bond motifs is 1. The van der Waals surface area contributed by atoms with Gasteiger partial charge in [-0.25, -0.2) is 0 Å². The highest BCUT2D eigenvalue weighted by molar-refractivity contribution is 5.94. The van der Waals surface area contributed by atoms with Gasteiger partial charge in [0.25, 0.3) is 5.91 Å². The maximum atomic E-state index is 12.7. The average molecular weight is 262 g/mol. The van der Waals surface area contributed by atoms with E-state index in [1.807, 2.05) is 16.6 Å². The quantitative estimate of drug-likeness (QED) is 0.824. The molecule has 1 N–H and O–H groups in total. The molecule has 2 aliphatic rings. The first-order chi connectivity index (χ1) is 9.27. The summed E-state index contributed by atoms with van der Waals surface area (Å²) < 4.78 is 1.89. The van der Waals surface area contributed by atoms with Gasteiger partial charge in [0, 0.05) is 50.9 Å². The number of nitrogens with zero attached hydrogens (tertiary/aromatic N) is 3. The second-order valence-corrected chi connectivity index (χ2v) is 5.53. The van der Waals surface area contributed by atoms with Gasteiger partial charge in [0.05, 0.1) is 0 Å². The van der Waals surface area contributed by atoms with Crippen LogP contribution in [0.5, 0.6) is 0 Å². The van der Waals surface area contributed by atoms with Crippen molar-refractivity contribution in [2.75, 3.05) is 19.6 Å². The number of hydrogen-bond acceptors (Lipinski definition) is 3. The number of aromatic nitrogens is 2. The summed E-state index contributed by atoms with van der Waals surface area (Å²) in [5.41, 5.74) is 3.01. The SMILES string of the molecule is Cn1nc(C(=O)N2CCCCCC2)c2c1CCNC2. The topological polar surface area (TPSA) is 50.2 Å². The summed E-state index contributed by atoms with van der Waals surface area (Å²) >= 11 is 0. The Balaban J connectivity index is 1.86. The predicted molar refractivity (Wildman–Crippen MR) is 73.0 cm³/mol. The lowest BCUT2D eigenvalue weighted by Gasteiger charge is -2.20. The zero-order chi connectivity index (χ0) is 13.2. The molecule has 0 saturated carbocycles. The molecule has 2 aliphatic heterocycles. The highest BCUT2D eigenvalue weighted by atomic mass is 16.2. The fourth-order valence-electron chi connectivity index (χ4n) is 3.12. The number of carbonyl (C=O) groups excluding carboxylic acids is 1. The van der Waals surface area contributed by atoms with Gasteiger partial charge in [-0.2, -0.15) is 5.10 Å². The van der Waals surface area contributed by atoms with E-state index in [0.717, 1.165) is 51.0 Å². The highest BCUT2D eigenvalue weighted by Crippen LogP contribution is 2.20. The van der Waals surface area contributed by atoms with Crippen LogP contribution in [0.25, 0.3) is 0 Å². The summed E-state index contributed by atoms with van der Waals surface area (Å²) in [5, 5.41) is 7.82. The number of hydrogen-bond donors (Lipinski definition) is 1. The predicted octanol–water partition coefficient (Wildman–Crippen LogP) is 1.08. The minimum absolute atomic E-state index is 0.127. The van der Waals surface area contributed by atoms with Crippen LogP contribution >= 0.6 is 0 Å². The molecule has 19 heavy (non-hydrogen) atoms. The second kappa shape index (κ2) is 5.33. The van der Waals surface area contributed by atoms with Crippen LogP contribution in [-0.4, -0.2) is 40.2 Å². The first kappa shape index (κ1) is 12.7. The standard InChI is InChI=1S/C14H22N4O/c1-17-12-6-7-15-10-11(12)13(16-17)14(19)18-8-4-2-3-5-9-18/h15H,2-10H2,1H3. The molecule has 1 amide bonds. The summed E-state index contributed by atoms with van der Waals surface area (Å²) in [6, 6.07) is 0. The smallest absolute Gasteiger partial charge is 0.274 e. The molecular weight excluding hydrogens is 240 g/mol. The van der Waals surface area contributed by atoms with Crippen molar-refractivity contribution in [1.82, 2.24) is 20.0 Å². The van der Waals surface area contributed by atoms with Crippen LogP contribution in [0.2, 0.25) is 0 Å². The van der Waals surface area contributed by atoms with Crippen molar-refractivity contribution in [2.24, 2.45) is 7.05 Å². The number of likely N-dealkylation sites (tertiary alicyclic amines) is 1. The molecule has 5 heteroatoms. The lowest BCUT2D eigenvalue weighted by atomic mass is 10.1. The Hall–Kier alpha value is -1.36. The molecule has 0 bridgehead atoms. The molecule has 1 aromatic rings. The Kier molecular flexibility index (Phi) is 3.55. The monoisotopic (exact) mass is 262 g/mol. The van der Waals surface area contributed by atoms with Crippen molar-refractivity contribution in [3.8, 4) is 0 Å². The Morgan fingerprint density at radius 2 is 1.95 bits per heavy atom. The van der Waals surface area contributed by atoms with Gasteiger partial charge >= 0.3 is 0 Å². The number of nitrogens with one attached hydrogen (secondary N) is 1. The van der Waals surface area contributed by atoms with Crippen LogP contribution in [0.1, 0.15) is 47.4 Å². The lowest BCUT2D eigenvalue weighted by Crippen LogP contribution is -2.33. The Morgan fingerprint density at radius 3 is 2.68 bits per heavy atom. The maximum Gasteiger partial charge on any atom is 0.274 e. The normalized spacial score (nSPS) is 19.9. The Labute approximate surface area is 114 Å². The first-order valence-corrected chi connectivity index (χ1v) is 7.32. The molecule has 3 rings (SSSR count). The molecule has 1 fully saturated rings. The van der Waals surface area contributed by atoms with Crippen molar-refractivity contribution in [1.29, 1.82) is 0 Å². The molecule has 3 heterocycles. The molecule has 0 atom stereocenters. The summed E-state index contributed by atoms with van der Waals surface area (Å²) in [5.74, 6) is 0.127. The number of amides is 1. The molecular formula is C14H22N4O. The van der Waals surface area contributed by atoms with Crippen LogP contribution < -0.4 is 5.32 Å². The van der Waals surface area contributed by atoms with E-state index >= 15 is 0 Å². The van der Waals surface area contributed by atoms with E-state index in [1.165, 1.54) is 18.5 Å². The third-order valence-corrected chi connectivity index (χ3v) is 4.21. The molecule has 0 spiro atoms. The van der Waals surface area contributed by atoms with Gasteiger partial charge < -0.3 is 10.2 Å². The Morgan fingerprint density at radius 1 is 1.21 bits per heavy atom. The number of aryl methyl sites for hydroxylation is 1. The third-order valence-electron chi connectivity index (χ3n) is 4.21. The molecule has 104 valence electrons. The van der Waals surface area contributed by atoms with E-state index in [0.29, 0.717) is 5.69 Å². The fourth-order valence-corrected chi connectivity index (χ4v) is 3.12. The van der Waals surface area contributed by atoms with E-state index in [-0.39, 0.29) is 5.91 Å². The number of rotatable bonds is 1. The summed E-state index contributed by atoms with van der Waals surface area (Å²) in [6.45, 7) is 3.52. The van der Waals surface area contributed by atoms with Crippen LogP contribution in [0, 0.1) is 0 Å². The molecule has 5 nitrogen and oxygen atoms in total. The fraction of sp³-hybridized carbons (Fsp3) is 0.714. The molecule has 0 aliphatic carbocycles. The van der Waals surface area contributed by atoms with E-state index in [4.69, 9.17) is 0 Å². The minimum atomic E-state index is 0.127. The lowest BCUT2D eigenvalue weighted by molar-refractivity contribution is 0.0753. The van der Waals surface area contributed by atoms with E-state index < -0.39 is 0 Å². The van der Waals surface area contributed by atoms with Crippen molar-refractivity contribution < 1.29 is 4.79 Å². The van der Waals surface area contributed by atoms with Crippen molar-refractivity contribution >= 4 is 5.91 Å². The van der Waals surface area contributed by atoms with Gasteiger partial charge in [0.15, 0.2) is 5.69 Å². The van der Waals surface area contributed by atoms with Gasteiger partial charge in [-0.15, -0.1) is 0 Å². The van der Waals surface area contributed by atoms with Gasteiger partial charge in [-0.3, -0.25) is 9.48 Å². The third kappa shape index (κ3) is 2.39. The molecule has 1 saturated heterocycles. The van der Waals surface area contributed by atoms with Gasteiger partial charge in [-0.05, 0) is 12.8 Å². The zero-order valence-electron chi connectivity index (χ0n) is 11.6.